The summed E-state index contributed by atoms with van der Waals surface area (Å²) < 4.78 is 0. The maximum Gasteiger partial charge on any atom is 0.0701 e. The van der Waals surface area contributed by atoms with Crippen LogP contribution in [0.25, 0.3) is 64.9 Å². The van der Waals surface area contributed by atoms with Crippen molar-refractivity contribution in [1.82, 2.24) is 39.9 Å². The summed E-state index contributed by atoms with van der Waals surface area (Å²) in [6.45, 7) is 0. The summed E-state index contributed by atoms with van der Waals surface area (Å²) in [5.74, 6) is 0. The molecule has 6 aromatic carbocycles. The molecule has 0 saturated heterocycles. The largest absolute Gasteiger partial charge is 0.265 e. The Kier molecular flexibility index (Phi) is 20.7. The summed E-state index contributed by atoms with van der Waals surface area (Å²) in [7, 11) is 0. The molecule has 8 heteroatoms. The van der Waals surface area contributed by atoms with Gasteiger partial charge in [0.15, 0.2) is 0 Å². The number of aromatic nitrogens is 8. The van der Waals surface area contributed by atoms with Crippen LogP contribution in [0.2, 0.25) is 0 Å². The molecule has 0 aliphatic carbocycles. The van der Waals surface area contributed by atoms with Gasteiger partial charge in [-0.2, -0.15) is 0 Å². The molecule has 14 rings (SSSR count). The number of hydrogen-bond donors (Lipinski definition) is 0. The molecular weight excluding hydrogens is 881 g/mol. The standard InChI is InChI=1S/6C9H7N.2C5H5N/c2*1-2-6-9-8(4-1)5-3-7-10-9;4*1-2-4-9-7-10-6-5-8(9)3-1;2*1-2-4-6-5-3-1/h6*1-7H;2*1-5H. The Bertz CT molecular complexity index is 2660. The second kappa shape index (κ2) is 29.8. The number of benzene rings is 6. The number of nitrogens with zero attached hydrogens (tertiary/aromatic N) is 8. The number of hydrogen-bond acceptors (Lipinski definition) is 8. The van der Waals surface area contributed by atoms with Crippen molar-refractivity contribution in [3.8, 4) is 0 Å². The van der Waals surface area contributed by atoms with Crippen LogP contribution in [0.3, 0.4) is 0 Å². The van der Waals surface area contributed by atoms with Crippen LogP contribution in [0.4, 0.5) is 0 Å². The lowest BCUT2D eigenvalue weighted by Crippen LogP contribution is -1.73. The molecule has 8 aromatic heterocycles. The van der Waals surface area contributed by atoms with Gasteiger partial charge in [-0.15, -0.1) is 0 Å². The van der Waals surface area contributed by atoms with E-state index in [9.17, 15) is 0 Å². The minimum absolute atomic E-state index is 1.06. The Morgan fingerprint density at radius 1 is 0.153 bits per heavy atom. The molecule has 0 N–H and O–H groups in total. The highest BCUT2D eigenvalue weighted by atomic mass is 14.6. The average molecular weight is 933 g/mol. The van der Waals surface area contributed by atoms with Crippen LogP contribution >= 0.6 is 0 Å². The van der Waals surface area contributed by atoms with Crippen LogP contribution in [-0.2, 0) is 0 Å². The fraction of sp³-hybridized carbons (Fsp3) is 0. The van der Waals surface area contributed by atoms with Crippen LogP contribution in [0.1, 0.15) is 0 Å². The zero-order valence-electron chi connectivity index (χ0n) is 39.6. The molecule has 0 aliphatic heterocycles. The molecule has 14 aromatic rings. The maximum absolute atomic E-state index is 4.18. The third-order valence-corrected chi connectivity index (χ3v) is 10.4. The molecule has 0 bridgehead atoms. The van der Waals surface area contributed by atoms with E-state index < -0.39 is 0 Å². The molecule has 0 atom stereocenters. The molecule has 0 radical (unpaired) electrons. The van der Waals surface area contributed by atoms with E-state index in [2.05, 4.69) is 113 Å². The summed E-state index contributed by atoms with van der Waals surface area (Å²) in [5.41, 5.74) is 2.12. The molecule has 348 valence electrons. The fourth-order valence-electron chi connectivity index (χ4n) is 6.77. The van der Waals surface area contributed by atoms with Gasteiger partial charge in [0.05, 0.1) is 11.0 Å². The van der Waals surface area contributed by atoms with E-state index in [0.717, 1.165) is 11.0 Å². The topological polar surface area (TPSA) is 103 Å². The maximum atomic E-state index is 4.18. The van der Waals surface area contributed by atoms with E-state index in [1.54, 1.807) is 24.8 Å². The Morgan fingerprint density at radius 2 is 0.403 bits per heavy atom. The molecule has 0 aliphatic rings. The Labute approximate surface area is 420 Å². The van der Waals surface area contributed by atoms with Gasteiger partial charge in [-0.3, -0.25) is 39.9 Å². The molecular formula is C64H52N8. The molecule has 0 unspecified atom stereocenters. The smallest absolute Gasteiger partial charge is 0.0701 e. The first-order valence-electron chi connectivity index (χ1n) is 23.2. The SMILES string of the molecule is c1ccc2cnccc2c1.c1ccc2cnccc2c1.c1ccc2cnccc2c1.c1ccc2cnccc2c1.c1ccc2ncccc2c1.c1ccc2ncccc2c1.c1ccncc1.c1ccncc1. The zero-order valence-corrected chi connectivity index (χ0v) is 39.6. The quantitative estimate of drug-likeness (QED) is 0.148. The highest BCUT2D eigenvalue weighted by molar-refractivity contribution is 5.83. The van der Waals surface area contributed by atoms with Crippen molar-refractivity contribution in [2.75, 3.05) is 0 Å². The first-order valence-corrected chi connectivity index (χ1v) is 23.2. The van der Waals surface area contributed by atoms with E-state index in [1.165, 1.54) is 53.9 Å². The molecule has 8 heterocycles. The van der Waals surface area contributed by atoms with E-state index in [4.69, 9.17) is 0 Å². The molecule has 72 heavy (non-hydrogen) atoms. The minimum Gasteiger partial charge on any atom is -0.265 e. The molecule has 0 fully saturated rings. The van der Waals surface area contributed by atoms with Crippen LogP contribution < -0.4 is 0 Å². The van der Waals surface area contributed by atoms with Gasteiger partial charge in [-0.25, -0.2) is 0 Å². The summed E-state index contributed by atoms with van der Waals surface area (Å²) in [4.78, 5) is 32.0. The molecule has 8 nitrogen and oxygen atoms in total. The van der Waals surface area contributed by atoms with Crippen molar-refractivity contribution in [1.29, 1.82) is 0 Å². The van der Waals surface area contributed by atoms with Crippen LogP contribution in [0.5, 0.6) is 0 Å². The second-order valence-corrected chi connectivity index (χ2v) is 15.3. The van der Waals surface area contributed by atoms with Gasteiger partial charge in [0.2, 0.25) is 0 Å². The van der Waals surface area contributed by atoms with Crippen molar-refractivity contribution in [3.63, 3.8) is 0 Å². The van der Waals surface area contributed by atoms with E-state index in [-0.39, 0.29) is 0 Å². The number of pyridine rings is 8. The summed E-state index contributed by atoms with van der Waals surface area (Å²) in [6.07, 6.45) is 25.3. The van der Waals surface area contributed by atoms with Crippen LogP contribution in [0, 0.1) is 0 Å². The highest BCUT2D eigenvalue weighted by Crippen LogP contribution is 2.13. The van der Waals surface area contributed by atoms with Crippen molar-refractivity contribution >= 4 is 64.9 Å². The summed E-state index contributed by atoms with van der Waals surface area (Å²) in [5, 5.41) is 12.2. The van der Waals surface area contributed by atoms with Gasteiger partial charge in [0.25, 0.3) is 0 Å². The lowest BCUT2D eigenvalue weighted by molar-refractivity contribution is 1.33. The Balaban J connectivity index is 0.000000122. The number of fused-ring (bicyclic) bond motifs is 6. The first kappa shape index (κ1) is 50.0. The zero-order chi connectivity index (χ0) is 49.4. The van der Waals surface area contributed by atoms with Crippen molar-refractivity contribution in [2.24, 2.45) is 0 Å². The van der Waals surface area contributed by atoms with E-state index >= 15 is 0 Å². The third-order valence-electron chi connectivity index (χ3n) is 10.4. The van der Waals surface area contributed by atoms with Crippen LogP contribution in [-0.4, -0.2) is 39.9 Å². The molecule has 0 amide bonds. The summed E-state index contributed by atoms with van der Waals surface area (Å²) >= 11 is 0. The Hall–Kier alpha value is -9.92. The lowest BCUT2D eigenvalue weighted by atomic mass is 10.2. The minimum atomic E-state index is 1.06. The monoisotopic (exact) mass is 932 g/mol. The first-order chi connectivity index (χ1) is 35.8. The van der Waals surface area contributed by atoms with Crippen LogP contribution in [0.15, 0.2) is 317 Å². The predicted octanol–water partition coefficient (Wildman–Crippen LogP) is 15.6. The molecule has 0 spiro atoms. The van der Waals surface area contributed by atoms with Gasteiger partial charge in [-0.1, -0.05) is 158 Å². The van der Waals surface area contributed by atoms with Crippen molar-refractivity contribution in [2.45, 2.75) is 0 Å². The highest BCUT2D eigenvalue weighted by Gasteiger charge is 1.91. The second-order valence-electron chi connectivity index (χ2n) is 15.3. The third kappa shape index (κ3) is 17.3. The van der Waals surface area contributed by atoms with Gasteiger partial charge < -0.3 is 0 Å². The van der Waals surface area contributed by atoms with Gasteiger partial charge >= 0.3 is 0 Å². The molecule has 0 saturated carbocycles. The van der Waals surface area contributed by atoms with Gasteiger partial charge in [-0.05, 0) is 116 Å². The fourth-order valence-corrected chi connectivity index (χ4v) is 6.77. The number of para-hydroxylation sites is 2. The predicted molar refractivity (Wildman–Crippen MR) is 299 cm³/mol. The van der Waals surface area contributed by atoms with Crippen molar-refractivity contribution in [3.05, 3.63) is 317 Å². The lowest BCUT2D eigenvalue weighted by Gasteiger charge is -1.91. The Morgan fingerprint density at radius 3 is 0.639 bits per heavy atom. The van der Waals surface area contributed by atoms with Crippen molar-refractivity contribution < 1.29 is 0 Å². The summed E-state index contributed by atoms with van der Waals surface area (Å²) in [6, 6.07) is 76.4. The van der Waals surface area contributed by atoms with E-state index in [0.29, 0.717) is 0 Å². The van der Waals surface area contributed by atoms with Gasteiger partial charge in [0.1, 0.15) is 0 Å². The number of rotatable bonds is 0. The average Bonchev–Trinajstić information content (AvgIpc) is 3.49. The van der Waals surface area contributed by atoms with E-state index in [1.807, 2.05) is 220 Å². The normalized spacial score (nSPS) is 9.67. The van der Waals surface area contributed by atoms with Gasteiger partial charge in [0, 0.05) is 97.5 Å².